The van der Waals surface area contributed by atoms with Crippen LogP contribution in [0.25, 0.3) is 0 Å². The first-order valence-electron chi connectivity index (χ1n) is 6.91. The number of anilines is 1. The van der Waals surface area contributed by atoms with Crippen molar-refractivity contribution in [3.63, 3.8) is 0 Å². The second-order valence-electron chi connectivity index (χ2n) is 4.79. The normalized spacial score (nSPS) is 10.7. The lowest BCUT2D eigenvalue weighted by Crippen LogP contribution is -2.24. The molecule has 0 unspecified atom stereocenters. The van der Waals surface area contributed by atoms with E-state index in [1.165, 1.54) is 6.20 Å². The van der Waals surface area contributed by atoms with Gasteiger partial charge in [0.2, 0.25) is 0 Å². The first kappa shape index (κ1) is 16.5. The zero-order valence-corrected chi connectivity index (χ0v) is 13.3. The summed E-state index contributed by atoms with van der Waals surface area (Å²) in [5.41, 5.74) is 1.79. The van der Waals surface area contributed by atoms with E-state index >= 15 is 0 Å². The fourth-order valence-electron chi connectivity index (χ4n) is 1.81. The van der Waals surface area contributed by atoms with Crippen molar-refractivity contribution in [3.05, 3.63) is 70.5 Å². The number of nitrogens with zero attached hydrogens (tertiary/aromatic N) is 2. The Balaban J connectivity index is 1.98. The van der Waals surface area contributed by atoms with Crippen LogP contribution in [0.2, 0.25) is 5.02 Å². The SMILES string of the molecule is Cc1cccnc1N/C=C(/C#N)C(=O)NCc1ccc(Cl)cc1. The highest BCUT2D eigenvalue weighted by Crippen LogP contribution is 2.11. The number of amides is 1. The minimum absolute atomic E-state index is 0.0241. The van der Waals surface area contributed by atoms with Crippen molar-refractivity contribution in [2.24, 2.45) is 0 Å². The van der Waals surface area contributed by atoms with Crippen LogP contribution in [0.3, 0.4) is 0 Å². The molecule has 0 aliphatic heterocycles. The van der Waals surface area contributed by atoms with E-state index in [0.717, 1.165) is 11.1 Å². The molecule has 1 heterocycles. The number of aromatic nitrogens is 1. The highest BCUT2D eigenvalue weighted by Gasteiger charge is 2.09. The Bertz CT molecular complexity index is 763. The summed E-state index contributed by atoms with van der Waals surface area (Å²) in [6.45, 7) is 2.20. The summed E-state index contributed by atoms with van der Waals surface area (Å²) >= 11 is 5.81. The van der Waals surface area contributed by atoms with Crippen molar-refractivity contribution in [1.29, 1.82) is 5.26 Å². The van der Waals surface area contributed by atoms with Gasteiger partial charge in [0.05, 0.1) is 0 Å². The van der Waals surface area contributed by atoms with Crippen LogP contribution in [0.5, 0.6) is 0 Å². The zero-order chi connectivity index (χ0) is 16.7. The Morgan fingerprint density at radius 3 is 2.74 bits per heavy atom. The van der Waals surface area contributed by atoms with Gasteiger partial charge in [-0.25, -0.2) is 4.98 Å². The number of aryl methyl sites for hydroxylation is 1. The molecule has 23 heavy (non-hydrogen) atoms. The standard InChI is InChI=1S/C17H15ClN4O/c1-12-3-2-8-20-16(12)21-11-14(9-19)17(23)22-10-13-4-6-15(18)7-5-13/h2-8,11H,10H2,1H3,(H,20,21)(H,22,23)/b14-11-. The second kappa shape index (κ2) is 7.97. The Kier molecular flexibility index (Phi) is 5.73. The van der Waals surface area contributed by atoms with E-state index in [1.54, 1.807) is 18.3 Å². The van der Waals surface area contributed by atoms with Crippen LogP contribution in [0.4, 0.5) is 5.82 Å². The van der Waals surface area contributed by atoms with Gasteiger partial charge in [0.1, 0.15) is 17.5 Å². The van der Waals surface area contributed by atoms with Gasteiger partial charge in [0, 0.05) is 24.0 Å². The Hall–Kier alpha value is -2.84. The number of carbonyl (C=O) groups excluding carboxylic acids is 1. The van der Waals surface area contributed by atoms with Crippen LogP contribution in [0.15, 0.2) is 54.4 Å². The molecule has 2 N–H and O–H groups in total. The molecule has 2 rings (SSSR count). The maximum atomic E-state index is 12.0. The summed E-state index contributed by atoms with van der Waals surface area (Å²) in [6.07, 6.45) is 2.99. The number of hydrogen-bond acceptors (Lipinski definition) is 4. The van der Waals surface area contributed by atoms with Crippen molar-refractivity contribution in [3.8, 4) is 6.07 Å². The molecular weight excluding hydrogens is 312 g/mol. The van der Waals surface area contributed by atoms with Crippen molar-refractivity contribution >= 4 is 23.3 Å². The van der Waals surface area contributed by atoms with Crippen LogP contribution in [0.1, 0.15) is 11.1 Å². The Labute approximate surface area is 139 Å². The van der Waals surface area contributed by atoms with Gasteiger partial charge in [0.25, 0.3) is 5.91 Å². The molecule has 0 aliphatic carbocycles. The van der Waals surface area contributed by atoms with Gasteiger partial charge in [-0.1, -0.05) is 29.8 Å². The van der Waals surface area contributed by atoms with Crippen LogP contribution in [0, 0.1) is 18.3 Å². The molecule has 0 saturated heterocycles. The maximum absolute atomic E-state index is 12.0. The molecule has 116 valence electrons. The molecule has 0 bridgehead atoms. The maximum Gasteiger partial charge on any atom is 0.263 e. The van der Waals surface area contributed by atoms with Gasteiger partial charge in [0.15, 0.2) is 0 Å². The molecule has 1 aromatic carbocycles. The van der Waals surface area contributed by atoms with E-state index in [2.05, 4.69) is 15.6 Å². The van der Waals surface area contributed by atoms with E-state index in [0.29, 0.717) is 17.4 Å². The molecule has 6 heteroatoms. The average Bonchev–Trinajstić information content (AvgIpc) is 2.56. The molecule has 2 aromatic rings. The summed E-state index contributed by atoms with van der Waals surface area (Å²) in [7, 11) is 0. The van der Waals surface area contributed by atoms with Gasteiger partial charge in [-0.3, -0.25) is 4.79 Å². The van der Waals surface area contributed by atoms with E-state index in [9.17, 15) is 4.79 Å². The molecule has 5 nitrogen and oxygen atoms in total. The van der Waals surface area contributed by atoms with Gasteiger partial charge >= 0.3 is 0 Å². The number of halogens is 1. The lowest BCUT2D eigenvalue weighted by atomic mass is 10.2. The fraction of sp³-hybridized carbons (Fsp3) is 0.118. The first-order chi connectivity index (χ1) is 11.1. The summed E-state index contributed by atoms with van der Waals surface area (Å²) in [6, 6.07) is 12.7. The summed E-state index contributed by atoms with van der Waals surface area (Å²) in [5, 5.41) is 15.3. The van der Waals surface area contributed by atoms with Crippen molar-refractivity contribution < 1.29 is 4.79 Å². The average molecular weight is 327 g/mol. The molecular formula is C17H15ClN4O. The third-order valence-corrected chi connectivity index (χ3v) is 3.35. The topological polar surface area (TPSA) is 77.8 Å². The molecule has 0 radical (unpaired) electrons. The van der Waals surface area contributed by atoms with Crippen LogP contribution < -0.4 is 10.6 Å². The predicted octanol–water partition coefficient (Wildman–Crippen LogP) is 3.18. The van der Waals surface area contributed by atoms with Gasteiger partial charge in [-0.2, -0.15) is 5.26 Å². The Morgan fingerprint density at radius 1 is 1.35 bits per heavy atom. The summed E-state index contributed by atoms with van der Waals surface area (Å²) < 4.78 is 0. The van der Waals surface area contributed by atoms with Crippen molar-refractivity contribution in [2.45, 2.75) is 13.5 Å². The molecule has 0 saturated carbocycles. The monoisotopic (exact) mass is 326 g/mol. The summed E-state index contributed by atoms with van der Waals surface area (Å²) in [5.74, 6) is 0.147. The Morgan fingerprint density at radius 2 is 2.09 bits per heavy atom. The predicted molar refractivity (Wildman–Crippen MR) is 89.6 cm³/mol. The molecule has 0 spiro atoms. The third kappa shape index (κ3) is 4.83. The smallest absolute Gasteiger partial charge is 0.263 e. The number of pyridine rings is 1. The van der Waals surface area contributed by atoms with Gasteiger partial charge < -0.3 is 10.6 Å². The lowest BCUT2D eigenvalue weighted by molar-refractivity contribution is -0.117. The number of carbonyl (C=O) groups is 1. The minimum Gasteiger partial charge on any atom is -0.347 e. The molecule has 0 atom stereocenters. The van der Waals surface area contributed by atoms with E-state index in [4.69, 9.17) is 16.9 Å². The number of benzene rings is 1. The van der Waals surface area contributed by atoms with E-state index < -0.39 is 5.91 Å². The number of nitrogens with one attached hydrogen (secondary N) is 2. The van der Waals surface area contributed by atoms with Crippen molar-refractivity contribution in [2.75, 3.05) is 5.32 Å². The number of nitriles is 1. The molecule has 1 aromatic heterocycles. The zero-order valence-electron chi connectivity index (χ0n) is 12.5. The fourth-order valence-corrected chi connectivity index (χ4v) is 1.93. The molecule has 1 amide bonds. The first-order valence-corrected chi connectivity index (χ1v) is 7.29. The number of hydrogen-bond donors (Lipinski definition) is 2. The van der Waals surface area contributed by atoms with Gasteiger partial charge in [-0.05, 0) is 36.2 Å². The molecule has 0 fully saturated rings. The summed E-state index contributed by atoms with van der Waals surface area (Å²) in [4.78, 5) is 16.2. The van der Waals surface area contributed by atoms with Crippen LogP contribution in [-0.4, -0.2) is 10.9 Å². The van der Waals surface area contributed by atoms with Gasteiger partial charge in [-0.15, -0.1) is 0 Å². The second-order valence-corrected chi connectivity index (χ2v) is 5.23. The lowest BCUT2D eigenvalue weighted by Gasteiger charge is -2.06. The molecule has 0 aliphatic rings. The van der Waals surface area contributed by atoms with Crippen LogP contribution >= 0.6 is 11.6 Å². The highest BCUT2D eigenvalue weighted by molar-refractivity contribution is 6.30. The largest absolute Gasteiger partial charge is 0.347 e. The third-order valence-electron chi connectivity index (χ3n) is 3.09. The van der Waals surface area contributed by atoms with Crippen LogP contribution in [-0.2, 0) is 11.3 Å². The van der Waals surface area contributed by atoms with Crippen molar-refractivity contribution in [1.82, 2.24) is 10.3 Å². The van der Waals surface area contributed by atoms with E-state index in [-0.39, 0.29) is 5.57 Å². The highest BCUT2D eigenvalue weighted by atomic mass is 35.5. The van der Waals surface area contributed by atoms with E-state index in [1.807, 2.05) is 37.3 Å². The quantitative estimate of drug-likeness (QED) is 0.653. The minimum atomic E-state index is -0.455. The number of rotatable bonds is 5.